The molecule has 1 aromatic rings. The van der Waals surface area contributed by atoms with Gasteiger partial charge in [-0.05, 0) is 6.92 Å². The van der Waals surface area contributed by atoms with Gasteiger partial charge in [0.1, 0.15) is 18.2 Å². The molecule has 20 heavy (non-hydrogen) atoms. The van der Waals surface area contributed by atoms with Gasteiger partial charge < -0.3 is 19.9 Å². The summed E-state index contributed by atoms with van der Waals surface area (Å²) >= 11 is 0. The number of carbonyl (C=O) groups is 1. The van der Waals surface area contributed by atoms with Gasteiger partial charge in [-0.15, -0.1) is 10.2 Å². The highest BCUT2D eigenvalue weighted by Crippen LogP contribution is 2.09. The first kappa shape index (κ1) is 14.9. The van der Waals surface area contributed by atoms with Gasteiger partial charge in [0, 0.05) is 25.6 Å². The summed E-state index contributed by atoms with van der Waals surface area (Å²) in [4.78, 5) is 12.1. The smallest absolute Gasteiger partial charge is 0.239 e. The average molecular weight is 281 g/mol. The van der Waals surface area contributed by atoms with Gasteiger partial charge in [0.2, 0.25) is 5.91 Å². The fraction of sp³-hybridized carbons (Fsp3) is 0.769. The molecule has 0 saturated carbocycles. The molecule has 2 rings (SSSR count). The molecule has 0 bridgehead atoms. The molecule has 1 aliphatic rings. The maximum atomic E-state index is 12.1. The molecule has 0 aliphatic carbocycles. The van der Waals surface area contributed by atoms with E-state index in [1.54, 1.807) is 6.33 Å². The first-order valence-corrected chi connectivity index (χ1v) is 7.10. The van der Waals surface area contributed by atoms with Crippen LogP contribution < -0.4 is 10.6 Å². The maximum absolute atomic E-state index is 12.1. The third-order valence-electron chi connectivity index (χ3n) is 3.41. The molecule has 7 nitrogen and oxygen atoms in total. The standard InChI is InChI=1S/C13H23N5O2/c1-9(2)12-17-16-8-18(12)6-4-15-13(19)11-10(3)20-7-5-14-11/h8-11,14H,4-7H2,1-3H3,(H,15,19)/t10-,11+/m1/s1. The number of morpholine rings is 1. The number of ether oxygens (including phenoxy) is 1. The van der Waals surface area contributed by atoms with Gasteiger partial charge in [0.15, 0.2) is 0 Å². The van der Waals surface area contributed by atoms with Crippen LogP contribution in [0.1, 0.15) is 32.5 Å². The Morgan fingerprint density at radius 2 is 2.45 bits per heavy atom. The van der Waals surface area contributed by atoms with Crippen LogP contribution in [0.3, 0.4) is 0 Å². The van der Waals surface area contributed by atoms with E-state index >= 15 is 0 Å². The normalized spacial score (nSPS) is 23.0. The molecule has 2 N–H and O–H groups in total. The molecule has 0 unspecified atom stereocenters. The number of rotatable bonds is 5. The molecular weight excluding hydrogens is 258 g/mol. The van der Waals surface area contributed by atoms with Gasteiger partial charge in [-0.25, -0.2) is 0 Å². The van der Waals surface area contributed by atoms with Gasteiger partial charge in [-0.1, -0.05) is 13.8 Å². The summed E-state index contributed by atoms with van der Waals surface area (Å²) in [5.74, 6) is 1.24. The van der Waals surface area contributed by atoms with Gasteiger partial charge >= 0.3 is 0 Å². The van der Waals surface area contributed by atoms with Crippen molar-refractivity contribution in [2.75, 3.05) is 19.7 Å². The maximum Gasteiger partial charge on any atom is 0.239 e. The van der Waals surface area contributed by atoms with Crippen LogP contribution in [0.2, 0.25) is 0 Å². The molecule has 1 amide bonds. The van der Waals surface area contributed by atoms with E-state index in [4.69, 9.17) is 4.74 Å². The Morgan fingerprint density at radius 3 is 3.15 bits per heavy atom. The number of hydrogen-bond donors (Lipinski definition) is 2. The Kier molecular flexibility index (Phi) is 5.08. The van der Waals surface area contributed by atoms with Crippen molar-refractivity contribution in [1.29, 1.82) is 0 Å². The van der Waals surface area contributed by atoms with Crippen LogP contribution in [0.15, 0.2) is 6.33 Å². The quantitative estimate of drug-likeness (QED) is 0.787. The van der Waals surface area contributed by atoms with Gasteiger partial charge in [0.05, 0.1) is 12.7 Å². The monoisotopic (exact) mass is 281 g/mol. The molecule has 1 aliphatic heterocycles. The summed E-state index contributed by atoms with van der Waals surface area (Å²) in [6.07, 6.45) is 1.61. The number of hydrogen-bond acceptors (Lipinski definition) is 5. The largest absolute Gasteiger partial charge is 0.375 e. The molecule has 0 spiro atoms. The van der Waals surface area contributed by atoms with Crippen LogP contribution in [-0.2, 0) is 16.1 Å². The lowest BCUT2D eigenvalue weighted by atomic mass is 10.1. The van der Waals surface area contributed by atoms with Crippen LogP contribution in [0, 0.1) is 0 Å². The molecule has 2 heterocycles. The molecule has 2 atom stereocenters. The van der Waals surface area contributed by atoms with Gasteiger partial charge in [-0.3, -0.25) is 4.79 Å². The number of nitrogens with one attached hydrogen (secondary N) is 2. The fourth-order valence-corrected chi connectivity index (χ4v) is 2.32. The number of carbonyl (C=O) groups excluding carboxylic acids is 1. The lowest BCUT2D eigenvalue weighted by Gasteiger charge is -2.29. The molecule has 0 radical (unpaired) electrons. The average Bonchev–Trinajstić information content (AvgIpc) is 2.87. The van der Waals surface area contributed by atoms with Crippen LogP contribution in [-0.4, -0.2) is 52.5 Å². The van der Waals surface area contributed by atoms with E-state index in [-0.39, 0.29) is 18.1 Å². The van der Waals surface area contributed by atoms with E-state index < -0.39 is 0 Å². The SMILES string of the molecule is CC(C)c1nncn1CCNC(=O)[C@H]1NCCO[C@@H]1C. The highest BCUT2D eigenvalue weighted by molar-refractivity contribution is 5.82. The van der Waals surface area contributed by atoms with Crippen LogP contribution in [0.25, 0.3) is 0 Å². The zero-order valence-electron chi connectivity index (χ0n) is 12.3. The van der Waals surface area contributed by atoms with Crippen LogP contribution in [0.4, 0.5) is 0 Å². The minimum Gasteiger partial charge on any atom is -0.375 e. The zero-order chi connectivity index (χ0) is 14.5. The predicted molar refractivity (Wildman–Crippen MR) is 74.3 cm³/mol. The molecule has 112 valence electrons. The Bertz CT molecular complexity index is 446. The van der Waals surface area contributed by atoms with E-state index in [0.717, 1.165) is 5.82 Å². The minimum atomic E-state index is -0.269. The lowest BCUT2D eigenvalue weighted by Crippen LogP contribution is -2.55. The Balaban J connectivity index is 1.80. The first-order chi connectivity index (χ1) is 9.59. The van der Waals surface area contributed by atoms with E-state index in [1.165, 1.54) is 0 Å². The predicted octanol–water partition coefficient (Wildman–Crippen LogP) is -0.105. The van der Waals surface area contributed by atoms with Crippen molar-refractivity contribution in [3.05, 3.63) is 12.2 Å². The summed E-state index contributed by atoms with van der Waals surface area (Å²) < 4.78 is 7.44. The molecule has 1 saturated heterocycles. The Labute approximate surface area is 119 Å². The zero-order valence-corrected chi connectivity index (χ0v) is 12.3. The summed E-state index contributed by atoms with van der Waals surface area (Å²) in [5, 5.41) is 14.1. The summed E-state index contributed by atoms with van der Waals surface area (Å²) in [6.45, 7) is 8.66. The van der Waals surface area contributed by atoms with Crippen LogP contribution in [0.5, 0.6) is 0 Å². The molecule has 0 aromatic carbocycles. The Hall–Kier alpha value is -1.47. The second kappa shape index (κ2) is 6.81. The van der Waals surface area contributed by atoms with Crippen molar-refractivity contribution in [1.82, 2.24) is 25.4 Å². The second-order valence-corrected chi connectivity index (χ2v) is 5.34. The van der Waals surface area contributed by atoms with Crippen molar-refractivity contribution < 1.29 is 9.53 Å². The van der Waals surface area contributed by atoms with Crippen LogP contribution >= 0.6 is 0 Å². The summed E-state index contributed by atoms with van der Waals surface area (Å²) in [5.41, 5.74) is 0. The number of aromatic nitrogens is 3. The third kappa shape index (κ3) is 3.55. The summed E-state index contributed by atoms with van der Waals surface area (Å²) in [6, 6.07) is -0.269. The third-order valence-corrected chi connectivity index (χ3v) is 3.41. The summed E-state index contributed by atoms with van der Waals surface area (Å²) in [7, 11) is 0. The van der Waals surface area contributed by atoms with Gasteiger partial charge in [0.25, 0.3) is 0 Å². The van der Waals surface area contributed by atoms with E-state index in [0.29, 0.717) is 32.2 Å². The van der Waals surface area contributed by atoms with Crippen molar-refractivity contribution in [3.63, 3.8) is 0 Å². The van der Waals surface area contributed by atoms with Crippen molar-refractivity contribution in [3.8, 4) is 0 Å². The molecular formula is C13H23N5O2. The fourth-order valence-electron chi connectivity index (χ4n) is 2.32. The van der Waals surface area contributed by atoms with Crippen molar-refractivity contribution in [2.24, 2.45) is 0 Å². The number of amides is 1. The van der Waals surface area contributed by atoms with E-state index in [2.05, 4.69) is 34.7 Å². The van der Waals surface area contributed by atoms with Crippen molar-refractivity contribution >= 4 is 5.91 Å². The van der Waals surface area contributed by atoms with E-state index in [1.807, 2.05) is 11.5 Å². The minimum absolute atomic E-state index is 0.0172. The van der Waals surface area contributed by atoms with E-state index in [9.17, 15) is 4.79 Å². The molecule has 1 aromatic heterocycles. The Morgan fingerprint density at radius 1 is 1.65 bits per heavy atom. The van der Waals surface area contributed by atoms with Crippen molar-refractivity contribution in [2.45, 2.75) is 45.4 Å². The number of nitrogens with zero attached hydrogens (tertiary/aromatic N) is 3. The highest BCUT2D eigenvalue weighted by atomic mass is 16.5. The lowest BCUT2D eigenvalue weighted by molar-refractivity contribution is -0.128. The molecule has 7 heteroatoms. The highest BCUT2D eigenvalue weighted by Gasteiger charge is 2.27. The molecule has 1 fully saturated rings. The topological polar surface area (TPSA) is 81.1 Å². The second-order valence-electron chi connectivity index (χ2n) is 5.34. The van der Waals surface area contributed by atoms with Gasteiger partial charge in [-0.2, -0.15) is 0 Å². The first-order valence-electron chi connectivity index (χ1n) is 7.10.